The van der Waals surface area contributed by atoms with E-state index in [1.165, 1.54) is 12.1 Å². The molecule has 1 heterocycles. The molecule has 5 nitrogen and oxygen atoms in total. The van der Waals surface area contributed by atoms with Gasteiger partial charge in [-0.05, 0) is 55.0 Å². The summed E-state index contributed by atoms with van der Waals surface area (Å²) in [6, 6.07) is 9.61. The minimum absolute atomic E-state index is 0.120. The number of ether oxygens (including phenoxy) is 1. The number of thiazole rings is 1. The number of ketones is 1. The number of phenols is 1. The predicted octanol–water partition coefficient (Wildman–Crippen LogP) is 3.34. The van der Waals surface area contributed by atoms with Gasteiger partial charge in [-0.2, -0.15) is 0 Å². The van der Waals surface area contributed by atoms with E-state index in [0.29, 0.717) is 32.0 Å². The molecule has 28 heavy (non-hydrogen) atoms. The number of phenolic OH excluding ortho intramolecular Hbond substituents is 1. The highest BCUT2D eigenvalue weighted by Gasteiger charge is 2.09. The molecule has 0 fully saturated rings. The molecule has 0 aliphatic rings. The van der Waals surface area contributed by atoms with Crippen LogP contribution in [0.25, 0.3) is 12.2 Å². The van der Waals surface area contributed by atoms with Crippen LogP contribution in [0.3, 0.4) is 0 Å². The second kappa shape index (κ2) is 8.65. The lowest BCUT2D eigenvalue weighted by atomic mass is 10.1. The first-order valence-electron chi connectivity index (χ1n) is 8.25. The van der Waals surface area contributed by atoms with Crippen LogP contribution in [0, 0.1) is 0 Å². The standard InChI is InChI=1S/C20H15Cl2NO4S/c1-2-27-16-8-11(7-14(22)19(16)25)9-17-20(26)23-18(28-17)10-15(24)12-3-5-13(21)6-4-12/h3-10,25H,2H2,1H3,(H,23,26)/b17-9-,18-10-. The molecule has 8 heteroatoms. The highest BCUT2D eigenvalue weighted by Crippen LogP contribution is 2.35. The Morgan fingerprint density at radius 2 is 1.96 bits per heavy atom. The molecule has 0 unspecified atom stereocenters. The van der Waals surface area contributed by atoms with E-state index in [1.807, 2.05) is 0 Å². The first kappa shape index (κ1) is 20.2. The van der Waals surface area contributed by atoms with Crippen molar-refractivity contribution in [1.82, 2.24) is 4.98 Å². The normalized spacial score (nSPS) is 12.4. The van der Waals surface area contributed by atoms with Gasteiger partial charge in [0.25, 0.3) is 5.56 Å². The zero-order chi connectivity index (χ0) is 20.3. The van der Waals surface area contributed by atoms with Crippen LogP contribution in [0.5, 0.6) is 11.5 Å². The number of aromatic amines is 1. The molecule has 0 saturated heterocycles. The smallest absolute Gasteiger partial charge is 0.266 e. The number of benzene rings is 2. The van der Waals surface area contributed by atoms with Crippen LogP contribution in [0.2, 0.25) is 10.0 Å². The number of H-pyrrole nitrogens is 1. The van der Waals surface area contributed by atoms with Gasteiger partial charge in [0.1, 0.15) is 0 Å². The number of aromatic nitrogens is 1. The molecule has 0 atom stereocenters. The number of halogens is 2. The topological polar surface area (TPSA) is 79.4 Å². The lowest BCUT2D eigenvalue weighted by Crippen LogP contribution is -2.20. The van der Waals surface area contributed by atoms with Crippen molar-refractivity contribution in [3.05, 3.63) is 77.1 Å². The Morgan fingerprint density at radius 1 is 1.25 bits per heavy atom. The summed E-state index contributed by atoms with van der Waals surface area (Å²) in [5.74, 6) is -0.158. The Kier molecular flexibility index (Phi) is 6.24. The molecule has 0 bridgehead atoms. The van der Waals surface area contributed by atoms with Gasteiger partial charge in [0, 0.05) is 16.7 Å². The molecule has 0 radical (unpaired) electrons. The summed E-state index contributed by atoms with van der Waals surface area (Å²) in [7, 11) is 0. The fourth-order valence-electron chi connectivity index (χ4n) is 2.43. The average Bonchev–Trinajstić information content (AvgIpc) is 2.99. The summed E-state index contributed by atoms with van der Waals surface area (Å²) >= 11 is 13.0. The third-order valence-corrected chi connectivity index (χ3v) is 5.22. The van der Waals surface area contributed by atoms with E-state index in [9.17, 15) is 14.7 Å². The fourth-order valence-corrected chi connectivity index (χ4v) is 3.67. The molecule has 2 N–H and O–H groups in total. The van der Waals surface area contributed by atoms with Crippen LogP contribution in [0.1, 0.15) is 22.8 Å². The molecule has 0 aliphatic heterocycles. The van der Waals surface area contributed by atoms with Gasteiger partial charge in [-0.3, -0.25) is 9.59 Å². The number of carbonyl (C=O) groups excluding carboxylic acids is 1. The average molecular weight is 436 g/mol. The van der Waals surface area contributed by atoms with Gasteiger partial charge in [0.15, 0.2) is 17.3 Å². The van der Waals surface area contributed by atoms with Crippen LogP contribution in [-0.2, 0) is 0 Å². The van der Waals surface area contributed by atoms with Crippen molar-refractivity contribution in [3.63, 3.8) is 0 Å². The van der Waals surface area contributed by atoms with Crippen LogP contribution in [-0.4, -0.2) is 22.5 Å². The van der Waals surface area contributed by atoms with Gasteiger partial charge in [-0.1, -0.05) is 23.2 Å². The van der Waals surface area contributed by atoms with Gasteiger partial charge in [-0.15, -0.1) is 11.3 Å². The zero-order valence-electron chi connectivity index (χ0n) is 14.7. The van der Waals surface area contributed by atoms with Gasteiger partial charge in [-0.25, -0.2) is 0 Å². The number of hydrogen-bond donors (Lipinski definition) is 2. The van der Waals surface area contributed by atoms with Crippen LogP contribution < -0.4 is 19.5 Å². The van der Waals surface area contributed by atoms with Crippen molar-refractivity contribution >= 4 is 52.5 Å². The number of hydrogen-bond acceptors (Lipinski definition) is 5. The maximum absolute atomic E-state index is 12.3. The van der Waals surface area contributed by atoms with Crippen molar-refractivity contribution in [3.8, 4) is 11.5 Å². The number of Topliss-reactive ketones (excluding diaryl/α,β-unsaturated/α-hetero) is 1. The molecule has 3 aromatic rings. The largest absolute Gasteiger partial charge is 0.503 e. The van der Waals surface area contributed by atoms with Crippen LogP contribution in [0.4, 0.5) is 0 Å². The van der Waals surface area contributed by atoms with Crippen molar-refractivity contribution in [2.45, 2.75) is 6.92 Å². The van der Waals surface area contributed by atoms with E-state index in [0.717, 1.165) is 11.3 Å². The monoisotopic (exact) mass is 435 g/mol. The predicted molar refractivity (Wildman–Crippen MR) is 112 cm³/mol. The molecule has 3 rings (SSSR count). The summed E-state index contributed by atoms with van der Waals surface area (Å²) in [5.41, 5.74) is 0.729. The van der Waals surface area contributed by atoms with Crippen LogP contribution in [0.15, 0.2) is 41.2 Å². The number of carbonyl (C=O) groups is 1. The maximum Gasteiger partial charge on any atom is 0.266 e. The number of rotatable bonds is 5. The van der Waals surface area contributed by atoms with Gasteiger partial charge in [0.05, 0.1) is 20.8 Å². The van der Waals surface area contributed by atoms with E-state index < -0.39 is 0 Å². The quantitative estimate of drug-likeness (QED) is 0.602. The van der Waals surface area contributed by atoms with E-state index in [4.69, 9.17) is 27.9 Å². The molecule has 2 aromatic carbocycles. The highest BCUT2D eigenvalue weighted by molar-refractivity contribution is 7.07. The fraction of sp³-hybridized carbons (Fsp3) is 0.100. The van der Waals surface area contributed by atoms with Crippen molar-refractivity contribution in [2.24, 2.45) is 0 Å². The number of aromatic hydroxyl groups is 1. The highest BCUT2D eigenvalue weighted by atomic mass is 35.5. The lowest BCUT2D eigenvalue weighted by Gasteiger charge is -2.08. The van der Waals surface area contributed by atoms with Gasteiger partial charge < -0.3 is 14.8 Å². The molecule has 1 aromatic heterocycles. The van der Waals surface area contributed by atoms with Gasteiger partial charge >= 0.3 is 0 Å². The minimum atomic E-state index is -0.331. The Morgan fingerprint density at radius 3 is 2.64 bits per heavy atom. The summed E-state index contributed by atoms with van der Waals surface area (Å²) < 4.78 is 6.15. The van der Waals surface area contributed by atoms with E-state index in [2.05, 4.69) is 4.98 Å². The molecule has 0 saturated carbocycles. The Balaban J connectivity index is 1.99. The second-order valence-corrected chi connectivity index (χ2v) is 7.65. The van der Waals surface area contributed by atoms with Crippen molar-refractivity contribution < 1.29 is 14.6 Å². The maximum atomic E-state index is 12.3. The Labute approximate surface area is 174 Å². The molecule has 0 aliphatic carbocycles. The Hall–Kier alpha value is -2.54. The Bertz CT molecular complexity index is 1200. The molecule has 144 valence electrons. The van der Waals surface area contributed by atoms with Crippen molar-refractivity contribution in [2.75, 3.05) is 6.61 Å². The van der Waals surface area contributed by atoms with E-state index in [-0.39, 0.29) is 27.9 Å². The third-order valence-electron chi connectivity index (χ3n) is 3.72. The molecule has 0 amide bonds. The SMILES string of the molecule is CCOc1cc(/C=c2\s/c(=C\C(=O)c3ccc(Cl)cc3)[nH]c2=O)cc(Cl)c1O. The molecular formula is C20H15Cl2NO4S. The van der Waals surface area contributed by atoms with Crippen LogP contribution >= 0.6 is 34.5 Å². The first-order valence-corrected chi connectivity index (χ1v) is 9.82. The van der Waals surface area contributed by atoms with Gasteiger partial charge in [0.2, 0.25) is 0 Å². The summed E-state index contributed by atoms with van der Waals surface area (Å²) in [5, 5.41) is 10.6. The van der Waals surface area contributed by atoms with E-state index in [1.54, 1.807) is 43.3 Å². The summed E-state index contributed by atoms with van der Waals surface area (Å²) in [6.45, 7) is 2.15. The van der Waals surface area contributed by atoms with E-state index >= 15 is 0 Å². The molecule has 0 spiro atoms. The lowest BCUT2D eigenvalue weighted by molar-refractivity contribution is 0.106. The summed E-state index contributed by atoms with van der Waals surface area (Å²) in [4.78, 5) is 27.2. The van der Waals surface area contributed by atoms with Crippen molar-refractivity contribution in [1.29, 1.82) is 0 Å². The number of nitrogens with one attached hydrogen (secondary N) is 1. The third kappa shape index (κ3) is 4.65. The molecular weight excluding hydrogens is 421 g/mol. The first-order chi connectivity index (χ1) is 13.4. The second-order valence-electron chi connectivity index (χ2n) is 5.73. The summed E-state index contributed by atoms with van der Waals surface area (Å²) in [6.07, 6.45) is 2.98. The minimum Gasteiger partial charge on any atom is -0.503 e. The zero-order valence-corrected chi connectivity index (χ0v) is 17.0.